The van der Waals surface area contributed by atoms with Crippen LogP contribution in [0.3, 0.4) is 0 Å². The molecule has 0 saturated carbocycles. The van der Waals surface area contributed by atoms with Crippen molar-refractivity contribution in [3.63, 3.8) is 0 Å². The molecule has 4 nitrogen and oxygen atoms in total. The molecule has 0 aromatic rings. The number of aliphatic hydroxyl groups is 1. The number of aliphatic hydroxyl groups excluding tert-OH is 1. The van der Waals surface area contributed by atoms with Crippen molar-refractivity contribution in [3.8, 4) is 0 Å². The Morgan fingerprint density at radius 3 is 2.85 bits per heavy atom. The lowest BCUT2D eigenvalue weighted by molar-refractivity contribution is -0.114. The van der Waals surface area contributed by atoms with Crippen LogP contribution in [0.4, 0.5) is 0 Å². The molecule has 4 heteroatoms. The lowest BCUT2D eigenvalue weighted by Crippen LogP contribution is -2.37. The maximum absolute atomic E-state index is 10.9. The summed E-state index contributed by atoms with van der Waals surface area (Å²) in [6.45, 7) is 0.908. The van der Waals surface area contributed by atoms with Crippen molar-refractivity contribution in [2.75, 3.05) is 13.2 Å². The molecule has 0 radical (unpaired) electrons. The zero-order chi connectivity index (χ0) is 9.26. The van der Waals surface area contributed by atoms with Crippen molar-refractivity contribution in [2.45, 2.75) is 25.0 Å². The summed E-state index contributed by atoms with van der Waals surface area (Å²) in [5, 5.41) is 12.5. The molecule has 1 heterocycles. The summed E-state index contributed by atoms with van der Waals surface area (Å²) in [6.07, 6.45) is 2.52. The number of carbonyl (C=O) groups is 1. The Kier molecular flexibility index (Phi) is 2.33. The van der Waals surface area contributed by atoms with Gasteiger partial charge in [0.1, 0.15) is 0 Å². The van der Waals surface area contributed by atoms with Gasteiger partial charge in [-0.2, -0.15) is 0 Å². The molecular weight excluding hydrogens is 170 g/mol. The molecule has 72 valence electrons. The third kappa shape index (κ3) is 1.89. The van der Waals surface area contributed by atoms with Crippen molar-refractivity contribution in [1.82, 2.24) is 5.32 Å². The molecule has 13 heavy (non-hydrogen) atoms. The van der Waals surface area contributed by atoms with E-state index >= 15 is 0 Å². The van der Waals surface area contributed by atoms with Crippen LogP contribution in [0, 0.1) is 0 Å². The Balaban J connectivity index is 1.90. The molecule has 2 unspecified atom stereocenters. The highest BCUT2D eigenvalue weighted by Gasteiger charge is 2.27. The monoisotopic (exact) mass is 183 g/mol. The van der Waals surface area contributed by atoms with Gasteiger partial charge < -0.3 is 15.2 Å². The number of ketones is 1. The molecule has 2 aliphatic rings. The third-order valence-corrected chi connectivity index (χ3v) is 2.40. The highest BCUT2D eigenvalue weighted by Crippen LogP contribution is 2.15. The molecular formula is C9H13NO3. The van der Waals surface area contributed by atoms with Crippen LogP contribution in [0.1, 0.15) is 12.8 Å². The molecule has 2 rings (SSSR count). The maximum atomic E-state index is 10.9. The van der Waals surface area contributed by atoms with Crippen LogP contribution < -0.4 is 5.32 Å². The maximum Gasteiger partial charge on any atom is 0.157 e. The Bertz CT molecular complexity index is 249. The summed E-state index contributed by atoms with van der Waals surface area (Å²) < 4.78 is 5.08. The predicted octanol–water partition coefficient (Wildman–Crippen LogP) is -0.418. The lowest BCUT2D eigenvalue weighted by atomic mass is 10.2. The molecule has 1 saturated heterocycles. The number of rotatable bonds is 2. The zero-order valence-electron chi connectivity index (χ0n) is 7.32. The van der Waals surface area contributed by atoms with Crippen LogP contribution in [-0.4, -0.2) is 36.2 Å². The second-order valence-electron chi connectivity index (χ2n) is 3.49. The van der Waals surface area contributed by atoms with Gasteiger partial charge in [0.2, 0.25) is 0 Å². The number of hydrogen-bond donors (Lipinski definition) is 2. The number of nitrogens with one attached hydrogen (secondary N) is 1. The fourth-order valence-electron chi connectivity index (χ4n) is 1.63. The van der Waals surface area contributed by atoms with Gasteiger partial charge in [0, 0.05) is 18.2 Å². The fourth-order valence-corrected chi connectivity index (χ4v) is 1.63. The van der Waals surface area contributed by atoms with Crippen LogP contribution >= 0.6 is 0 Å². The van der Waals surface area contributed by atoms with E-state index in [1.165, 1.54) is 0 Å². The summed E-state index contributed by atoms with van der Waals surface area (Å²) >= 11 is 0. The van der Waals surface area contributed by atoms with Crippen molar-refractivity contribution >= 4 is 5.78 Å². The van der Waals surface area contributed by atoms with Crippen LogP contribution in [0.2, 0.25) is 0 Å². The van der Waals surface area contributed by atoms with Gasteiger partial charge in [-0.1, -0.05) is 0 Å². The molecule has 0 bridgehead atoms. The molecule has 1 aliphatic heterocycles. The predicted molar refractivity (Wildman–Crippen MR) is 46.1 cm³/mol. The van der Waals surface area contributed by atoms with Crippen molar-refractivity contribution < 1.29 is 14.6 Å². The Morgan fingerprint density at radius 1 is 1.46 bits per heavy atom. The molecule has 0 spiro atoms. The van der Waals surface area contributed by atoms with E-state index in [-0.39, 0.29) is 11.8 Å². The van der Waals surface area contributed by atoms with Crippen molar-refractivity contribution in [3.05, 3.63) is 11.8 Å². The first-order chi connectivity index (χ1) is 6.25. The van der Waals surface area contributed by atoms with Crippen LogP contribution in [0.15, 0.2) is 11.8 Å². The van der Waals surface area contributed by atoms with E-state index in [0.717, 1.165) is 12.1 Å². The van der Waals surface area contributed by atoms with Crippen molar-refractivity contribution in [1.29, 1.82) is 0 Å². The van der Waals surface area contributed by atoms with Gasteiger partial charge in [0.05, 0.1) is 25.4 Å². The smallest absolute Gasteiger partial charge is 0.157 e. The summed E-state index contributed by atoms with van der Waals surface area (Å²) in [5.41, 5.74) is 0.930. The van der Waals surface area contributed by atoms with Gasteiger partial charge in [0.25, 0.3) is 0 Å². The molecule has 0 aromatic carbocycles. The first-order valence-corrected chi connectivity index (χ1v) is 4.51. The molecule has 0 amide bonds. The van der Waals surface area contributed by atoms with E-state index in [0.29, 0.717) is 19.6 Å². The molecule has 1 fully saturated rings. The van der Waals surface area contributed by atoms with E-state index in [1.807, 2.05) is 0 Å². The average molecular weight is 183 g/mol. The SMILES string of the molecule is O=C1C=C(NC2COCC2O)CC1. The first-order valence-electron chi connectivity index (χ1n) is 4.51. The van der Waals surface area contributed by atoms with Gasteiger partial charge >= 0.3 is 0 Å². The zero-order valence-corrected chi connectivity index (χ0v) is 7.32. The summed E-state index contributed by atoms with van der Waals surface area (Å²) in [6, 6.07) is -0.0443. The summed E-state index contributed by atoms with van der Waals surface area (Å²) in [4.78, 5) is 10.9. The largest absolute Gasteiger partial charge is 0.388 e. The first kappa shape index (κ1) is 8.72. The molecule has 0 aromatic heterocycles. The van der Waals surface area contributed by atoms with E-state index in [9.17, 15) is 9.90 Å². The highest BCUT2D eigenvalue weighted by molar-refractivity contribution is 5.92. The minimum atomic E-state index is -0.448. The van der Waals surface area contributed by atoms with Crippen LogP contribution in [0.25, 0.3) is 0 Å². The highest BCUT2D eigenvalue weighted by atomic mass is 16.5. The molecule has 2 N–H and O–H groups in total. The van der Waals surface area contributed by atoms with Gasteiger partial charge in [-0.3, -0.25) is 4.79 Å². The molecule has 1 aliphatic carbocycles. The quantitative estimate of drug-likeness (QED) is 0.610. The van der Waals surface area contributed by atoms with E-state index in [2.05, 4.69) is 5.32 Å². The lowest BCUT2D eigenvalue weighted by Gasteiger charge is -2.16. The van der Waals surface area contributed by atoms with Gasteiger partial charge in [-0.15, -0.1) is 0 Å². The topological polar surface area (TPSA) is 58.6 Å². The van der Waals surface area contributed by atoms with Crippen LogP contribution in [-0.2, 0) is 9.53 Å². The standard InChI is InChI=1S/C9H13NO3/c11-7-2-1-6(3-7)10-8-4-13-5-9(8)12/h3,8-10,12H,1-2,4-5H2. The van der Waals surface area contributed by atoms with Crippen LogP contribution in [0.5, 0.6) is 0 Å². The van der Waals surface area contributed by atoms with Gasteiger partial charge in [0.15, 0.2) is 5.78 Å². The minimum Gasteiger partial charge on any atom is -0.388 e. The molecule has 2 atom stereocenters. The van der Waals surface area contributed by atoms with E-state index < -0.39 is 6.10 Å². The average Bonchev–Trinajstić information content (AvgIpc) is 2.64. The second-order valence-corrected chi connectivity index (χ2v) is 3.49. The number of allylic oxidation sites excluding steroid dienone is 2. The fraction of sp³-hybridized carbons (Fsp3) is 0.667. The van der Waals surface area contributed by atoms with E-state index in [4.69, 9.17) is 4.74 Å². The minimum absolute atomic E-state index is 0.0443. The van der Waals surface area contributed by atoms with Gasteiger partial charge in [-0.25, -0.2) is 0 Å². The Morgan fingerprint density at radius 2 is 2.31 bits per heavy atom. The Labute approximate surface area is 76.6 Å². The third-order valence-electron chi connectivity index (χ3n) is 2.40. The second kappa shape index (κ2) is 3.47. The number of hydrogen-bond acceptors (Lipinski definition) is 4. The van der Waals surface area contributed by atoms with Gasteiger partial charge in [-0.05, 0) is 6.42 Å². The van der Waals surface area contributed by atoms with E-state index in [1.54, 1.807) is 6.08 Å². The number of ether oxygens (including phenoxy) is 1. The van der Waals surface area contributed by atoms with Crippen molar-refractivity contribution in [2.24, 2.45) is 0 Å². The summed E-state index contributed by atoms with van der Waals surface area (Å²) in [7, 11) is 0. The Hall–Kier alpha value is -0.870. The normalized spacial score (nSPS) is 33.6. The summed E-state index contributed by atoms with van der Waals surface area (Å²) in [5.74, 6) is 0.163. The number of carbonyl (C=O) groups excluding carboxylic acids is 1.